The van der Waals surface area contributed by atoms with Gasteiger partial charge in [-0.1, -0.05) is 159 Å². The normalized spacial score (nSPS) is 21.7. The summed E-state index contributed by atoms with van der Waals surface area (Å²) in [6.45, 7) is 15.8. The van der Waals surface area contributed by atoms with Gasteiger partial charge >= 0.3 is 6.09 Å². The number of fused-ring (bicyclic) bond motifs is 3. The van der Waals surface area contributed by atoms with Crippen LogP contribution in [-0.4, -0.2) is 83.4 Å². The second-order valence-corrected chi connectivity index (χ2v) is 23.3. The molecule has 13 heteroatoms. The van der Waals surface area contributed by atoms with E-state index >= 15 is 4.79 Å². The van der Waals surface area contributed by atoms with Crippen LogP contribution in [0.25, 0.3) is 0 Å². The molecule has 6 unspecified atom stereocenters. The number of nitrogens with one attached hydrogen (secondary N) is 1. The van der Waals surface area contributed by atoms with Crippen LogP contribution in [0.5, 0.6) is 23.0 Å². The van der Waals surface area contributed by atoms with Gasteiger partial charge in [-0.25, -0.2) is 4.79 Å². The van der Waals surface area contributed by atoms with Crippen LogP contribution in [-0.2, 0) is 20.9 Å². The number of ether oxygens (including phenoxy) is 5. The van der Waals surface area contributed by atoms with E-state index in [-0.39, 0.29) is 63.2 Å². The van der Waals surface area contributed by atoms with Crippen LogP contribution in [0.15, 0.2) is 65.9 Å². The summed E-state index contributed by atoms with van der Waals surface area (Å²) in [7, 11) is 0. The van der Waals surface area contributed by atoms with E-state index in [0.29, 0.717) is 48.8 Å². The standard InChI is InChI=1S/C64H99N3O10/c1-7-10-12-14-16-18-20-22-24-28-38-65-62(71)75-50-35-37-55-53(44-50)60-51(32-27-30-40-69)49(31-26-29-39-68)43-52-54(66-77-63(4,5)6)45-58(64(76-55,61(52)60)74-41-9-3)67(46-48-34-36-56-57(42-48)73-47-72-56)59(70)33-25-23-21-19-17-15-13-11-8-2/h9,34-37,42-44,49,51,58,60-61,68-69H,3,7-8,10-33,38-41,45-47H2,1-2,4-6H3,(H,65,71). The number of oxime groups is 1. The highest BCUT2D eigenvalue weighted by Crippen LogP contribution is 2.62. The number of carbonyl (C=O) groups is 2. The molecule has 4 aliphatic rings. The zero-order valence-electron chi connectivity index (χ0n) is 48.1. The Morgan fingerprint density at radius 1 is 0.779 bits per heavy atom. The molecule has 13 nitrogen and oxygen atoms in total. The number of aliphatic hydroxyl groups excluding tert-OH is 2. The second-order valence-electron chi connectivity index (χ2n) is 23.3. The number of hydrogen-bond donors (Lipinski definition) is 3. The predicted octanol–water partition coefficient (Wildman–Crippen LogP) is 14.8. The van der Waals surface area contributed by atoms with Gasteiger partial charge in [0.25, 0.3) is 0 Å². The van der Waals surface area contributed by atoms with E-state index in [0.717, 1.165) is 93.0 Å². The van der Waals surface area contributed by atoms with E-state index < -0.39 is 29.4 Å². The minimum atomic E-state index is -1.44. The molecule has 2 aromatic rings. The largest absolute Gasteiger partial charge is 0.459 e. The van der Waals surface area contributed by atoms with Crippen molar-refractivity contribution >= 4 is 17.7 Å². The van der Waals surface area contributed by atoms with Crippen molar-refractivity contribution in [2.75, 3.05) is 33.2 Å². The summed E-state index contributed by atoms with van der Waals surface area (Å²) >= 11 is 0. The highest BCUT2D eigenvalue weighted by molar-refractivity contribution is 6.03. The Hall–Kier alpha value is -4.59. The van der Waals surface area contributed by atoms with Crippen molar-refractivity contribution in [2.45, 2.75) is 238 Å². The molecule has 2 aliphatic carbocycles. The van der Waals surface area contributed by atoms with Crippen LogP contribution in [0.1, 0.15) is 225 Å². The maximum atomic E-state index is 15.4. The summed E-state index contributed by atoms with van der Waals surface area (Å²) in [5, 5.41) is 28.3. The summed E-state index contributed by atoms with van der Waals surface area (Å²) in [5.74, 6) is 0.136. The topological polar surface area (TPSA) is 158 Å². The molecule has 2 heterocycles. The molecule has 77 heavy (non-hydrogen) atoms. The van der Waals surface area contributed by atoms with Crippen LogP contribution < -0.4 is 24.3 Å². The first-order valence-corrected chi connectivity index (χ1v) is 30.4. The number of nitrogens with zero attached hydrogens (tertiary/aromatic N) is 2. The molecule has 6 rings (SSSR count). The lowest BCUT2D eigenvalue weighted by Gasteiger charge is -2.60. The van der Waals surface area contributed by atoms with Crippen molar-refractivity contribution in [2.24, 2.45) is 22.9 Å². The zero-order valence-corrected chi connectivity index (χ0v) is 48.1. The number of amides is 2. The zero-order chi connectivity index (χ0) is 54.9. The molecule has 2 aliphatic heterocycles. The highest BCUT2D eigenvalue weighted by atomic mass is 16.7. The molecular formula is C64H99N3O10. The molecular weight excluding hydrogens is 971 g/mol. The highest BCUT2D eigenvalue weighted by Gasteiger charge is 2.65. The summed E-state index contributed by atoms with van der Waals surface area (Å²) in [6, 6.07) is 10.8. The SMILES string of the molecule is C=CCOC12Oc3ccc(OC(=O)NCCCCCCCCCCCC)cc3C3C(CCCCO)C(CCCCO)C=C(C(=NOC(C)(C)C)CC1N(Cc1ccc4c(c1)OCO4)C(=O)CCCCCCCCCCC)C32. The molecule has 0 saturated heterocycles. The van der Waals surface area contributed by atoms with E-state index in [1.54, 1.807) is 12.1 Å². The lowest BCUT2D eigenvalue weighted by molar-refractivity contribution is -0.258. The minimum absolute atomic E-state index is 0.00333. The average Bonchev–Trinajstić information content (AvgIpc) is 3.91. The number of allylic oxidation sites excluding steroid dienone is 1. The number of carbonyl (C=O) groups excluding carboxylic acids is 2. The van der Waals surface area contributed by atoms with Gasteiger partial charge in [-0.3, -0.25) is 4.79 Å². The minimum Gasteiger partial charge on any atom is -0.459 e. The number of aliphatic hydroxyl groups is 2. The maximum Gasteiger partial charge on any atom is 0.412 e. The van der Waals surface area contributed by atoms with Crippen molar-refractivity contribution in [3.63, 3.8) is 0 Å². The Morgan fingerprint density at radius 3 is 2.05 bits per heavy atom. The lowest BCUT2D eigenvalue weighted by Crippen LogP contribution is -2.70. The lowest BCUT2D eigenvalue weighted by atomic mass is 9.55. The summed E-state index contributed by atoms with van der Waals surface area (Å²) < 4.78 is 32.5. The molecule has 2 amide bonds. The monoisotopic (exact) mass is 1070 g/mol. The van der Waals surface area contributed by atoms with Crippen LogP contribution in [0, 0.1) is 17.8 Å². The van der Waals surface area contributed by atoms with Crippen molar-refractivity contribution in [1.82, 2.24) is 10.2 Å². The van der Waals surface area contributed by atoms with Crippen molar-refractivity contribution in [3.8, 4) is 23.0 Å². The second kappa shape index (κ2) is 32.5. The van der Waals surface area contributed by atoms with Gasteiger partial charge in [0.2, 0.25) is 18.5 Å². The molecule has 0 bridgehead atoms. The summed E-state index contributed by atoms with van der Waals surface area (Å²) in [5.41, 5.74) is 2.84. The fraction of sp³-hybridized carbons (Fsp3) is 0.703. The van der Waals surface area contributed by atoms with Crippen LogP contribution in [0.4, 0.5) is 4.79 Å². The first kappa shape index (κ1) is 61.6. The molecule has 0 spiro atoms. The molecule has 6 atom stereocenters. The van der Waals surface area contributed by atoms with Crippen LogP contribution in [0.2, 0.25) is 0 Å². The third-order valence-corrected chi connectivity index (χ3v) is 16.1. The Bertz CT molecular complexity index is 2170. The third-order valence-electron chi connectivity index (χ3n) is 16.1. The van der Waals surface area contributed by atoms with Gasteiger partial charge < -0.3 is 49.0 Å². The molecule has 1 fully saturated rings. The number of benzene rings is 2. The van der Waals surface area contributed by atoms with Crippen molar-refractivity contribution < 1.29 is 48.3 Å². The smallest absolute Gasteiger partial charge is 0.412 e. The van der Waals surface area contributed by atoms with Gasteiger partial charge in [-0.2, -0.15) is 0 Å². The van der Waals surface area contributed by atoms with E-state index in [2.05, 4.69) is 31.8 Å². The third kappa shape index (κ3) is 18.2. The molecule has 2 aromatic carbocycles. The van der Waals surface area contributed by atoms with E-state index in [1.165, 1.54) is 77.0 Å². The number of rotatable bonds is 37. The number of hydrogen-bond acceptors (Lipinski definition) is 11. The van der Waals surface area contributed by atoms with Gasteiger partial charge in [-0.05, 0) is 113 Å². The van der Waals surface area contributed by atoms with Crippen LogP contribution >= 0.6 is 0 Å². The van der Waals surface area contributed by atoms with E-state index in [4.69, 9.17) is 33.7 Å². The van der Waals surface area contributed by atoms with Crippen LogP contribution in [0.3, 0.4) is 0 Å². The maximum absolute atomic E-state index is 15.4. The predicted molar refractivity (Wildman–Crippen MR) is 307 cm³/mol. The molecule has 1 saturated carbocycles. The van der Waals surface area contributed by atoms with Gasteiger partial charge in [-0.15, -0.1) is 6.58 Å². The Labute approximate surface area is 463 Å². The van der Waals surface area contributed by atoms with Gasteiger partial charge in [0.05, 0.1) is 18.2 Å². The van der Waals surface area contributed by atoms with E-state index in [9.17, 15) is 15.0 Å². The molecule has 0 radical (unpaired) electrons. The Kier molecular flexibility index (Phi) is 26.0. The molecule has 3 N–H and O–H groups in total. The quantitative estimate of drug-likeness (QED) is 0.0338. The first-order valence-electron chi connectivity index (χ1n) is 30.4. The number of unbranched alkanes of at least 4 members (excludes halogenated alkanes) is 19. The van der Waals surface area contributed by atoms with E-state index in [1.807, 2.05) is 56.0 Å². The fourth-order valence-electron chi connectivity index (χ4n) is 12.2. The van der Waals surface area contributed by atoms with Crippen molar-refractivity contribution in [1.29, 1.82) is 0 Å². The first-order chi connectivity index (χ1) is 37.5. The molecule has 430 valence electrons. The van der Waals surface area contributed by atoms with Gasteiger partial charge in [0.1, 0.15) is 23.1 Å². The summed E-state index contributed by atoms with van der Waals surface area (Å²) in [6.07, 6.45) is 31.1. The average molecular weight is 1070 g/mol. The molecule has 0 aromatic heterocycles. The summed E-state index contributed by atoms with van der Waals surface area (Å²) in [4.78, 5) is 37.3. The Balaban J connectivity index is 1.40. The van der Waals surface area contributed by atoms with Crippen molar-refractivity contribution in [3.05, 3.63) is 71.8 Å². The fourth-order valence-corrected chi connectivity index (χ4v) is 12.2. The Morgan fingerprint density at radius 2 is 1.40 bits per heavy atom. The van der Waals surface area contributed by atoms with Gasteiger partial charge in [0.15, 0.2) is 11.5 Å². The van der Waals surface area contributed by atoms with Gasteiger partial charge in [0, 0.05) is 50.6 Å².